The van der Waals surface area contributed by atoms with Crippen LogP contribution >= 0.6 is 0 Å². The zero-order valence-electron chi connectivity index (χ0n) is 14.5. The average Bonchev–Trinajstić information content (AvgIpc) is 3.16. The molecule has 128 valence electrons. The minimum absolute atomic E-state index is 0.136. The summed E-state index contributed by atoms with van der Waals surface area (Å²) in [4.78, 5) is 20.6. The van der Waals surface area contributed by atoms with Crippen LogP contribution in [0.3, 0.4) is 0 Å². The number of hydrogen-bond donors (Lipinski definition) is 1. The summed E-state index contributed by atoms with van der Waals surface area (Å²) in [7, 11) is 0. The standard InChI is InChI=1S/C21H23N3O/c1-16(17-6-3-2-4-7-17)23-12-14-24(15-13-23)21(25)19-8-5-9-20-18(19)10-11-22-20/h2-11,16,22H,12-15H2,1H3. The average molecular weight is 333 g/mol. The van der Waals surface area contributed by atoms with Crippen molar-refractivity contribution in [2.45, 2.75) is 13.0 Å². The van der Waals surface area contributed by atoms with Crippen LogP contribution in [-0.4, -0.2) is 46.9 Å². The van der Waals surface area contributed by atoms with Crippen LogP contribution in [0.4, 0.5) is 0 Å². The summed E-state index contributed by atoms with van der Waals surface area (Å²) in [6, 6.07) is 18.8. The molecular weight excluding hydrogens is 310 g/mol. The summed E-state index contributed by atoms with van der Waals surface area (Å²) in [6.45, 7) is 5.61. The number of H-pyrrole nitrogens is 1. The van der Waals surface area contributed by atoms with E-state index in [4.69, 9.17) is 0 Å². The van der Waals surface area contributed by atoms with Crippen LogP contribution in [0, 0.1) is 0 Å². The summed E-state index contributed by atoms with van der Waals surface area (Å²) < 4.78 is 0. The van der Waals surface area contributed by atoms with Gasteiger partial charge in [0.05, 0.1) is 0 Å². The molecule has 25 heavy (non-hydrogen) atoms. The van der Waals surface area contributed by atoms with Crippen LogP contribution in [0.2, 0.25) is 0 Å². The van der Waals surface area contributed by atoms with Crippen molar-refractivity contribution >= 4 is 16.8 Å². The van der Waals surface area contributed by atoms with Crippen LogP contribution in [0.5, 0.6) is 0 Å². The number of nitrogens with zero attached hydrogens (tertiary/aromatic N) is 2. The molecular formula is C21H23N3O. The van der Waals surface area contributed by atoms with E-state index in [1.165, 1.54) is 5.56 Å². The topological polar surface area (TPSA) is 39.3 Å². The molecule has 1 saturated heterocycles. The van der Waals surface area contributed by atoms with Gasteiger partial charge in [0, 0.05) is 54.9 Å². The number of hydrogen-bond acceptors (Lipinski definition) is 2. The number of rotatable bonds is 3. The monoisotopic (exact) mass is 333 g/mol. The molecule has 4 rings (SSSR count). The molecule has 1 N–H and O–H groups in total. The molecule has 1 amide bonds. The highest BCUT2D eigenvalue weighted by molar-refractivity contribution is 6.06. The number of nitrogens with one attached hydrogen (secondary N) is 1. The molecule has 3 aromatic rings. The second kappa shape index (κ2) is 6.73. The van der Waals surface area contributed by atoms with E-state index in [1.807, 2.05) is 35.4 Å². The van der Waals surface area contributed by atoms with E-state index < -0.39 is 0 Å². The van der Waals surface area contributed by atoms with Gasteiger partial charge in [-0.3, -0.25) is 9.69 Å². The van der Waals surface area contributed by atoms with Gasteiger partial charge < -0.3 is 9.88 Å². The third kappa shape index (κ3) is 3.05. The Morgan fingerprint density at radius 3 is 2.48 bits per heavy atom. The Morgan fingerprint density at radius 1 is 0.960 bits per heavy atom. The Balaban J connectivity index is 1.45. The van der Waals surface area contributed by atoms with Crippen LogP contribution in [0.15, 0.2) is 60.8 Å². The number of aromatic nitrogens is 1. The summed E-state index contributed by atoms with van der Waals surface area (Å²) in [5.74, 6) is 0.136. The lowest BCUT2D eigenvalue weighted by molar-refractivity contribution is 0.0584. The van der Waals surface area contributed by atoms with Crippen molar-refractivity contribution in [1.82, 2.24) is 14.8 Å². The normalized spacial score (nSPS) is 16.9. The lowest BCUT2D eigenvalue weighted by Gasteiger charge is -2.38. The molecule has 4 nitrogen and oxygen atoms in total. The highest BCUT2D eigenvalue weighted by Gasteiger charge is 2.26. The number of amides is 1. The Labute approximate surface area is 148 Å². The first kappa shape index (κ1) is 15.9. The van der Waals surface area contributed by atoms with Gasteiger partial charge in [0.2, 0.25) is 0 Å². The largest absolute Gasteiger partial charge is 0.361 e. The lowest BCUT2D eigenvalue weighted by Crippen LogP contribution is -2.49. The summed E-state index contributed by atoms with van der Waals surface area (Å²) >= 11 is 0. The van der Waals surface area contributed by atoms with Crippen molar-refractivity contribution in [3.05, 3.63) is 71.9 Å². The first-order chi connectivity index (χ1) is 12.2. The number of carbonyl (C=O) groups excluding carboxylic acids is 1. The molecule has 1 aromatic heterocycles. The minimum Gasteiger partial charge on any atom is -0.361 e. The minimum atomic E-state index is 0.136. The molecule has 1 aliphatic heterocycles. The maximum atomic E-state index is 13.0. The van der Waals surface area contributed by atoms with E-state index in [-0.39, 0.29) is 5.91 Å². The van der Waals surface area contributed by atoms with Gasteiger partial charge in [-0.25, -0.2) is 0 Å². The lowest BCUT2D eigenvalue weighted by atomic mass is 10.1. The quantitative estimate of drug-likeness (QED) is 0.794. The number of carbonyl (C=O) groups is 1. The van der Waals surface area contributed by atoms with E-state index in [0.717, 1.165) is 42.6 Å². The fraction of sp³-hybridized carbons (Fsp3) is 0.286. The molecule has 1 aliphatic rings. The molecule has 1 atom stereocenters. The van der Waals surface area contributed by atoms with Crippen molar-refractivity contribution in [3.8, 4) is 0 Å². The molecule has 1 fully saturated rings. The second-order valence-corrected chi connectivity index (χ2v) is 6.66. The molecule has 0 radical (unpaired) electrons. The van der Waals surface area contributed by atoms with Gasteiger partial charge in [-0.1, -0.05) is 36.4 Å². The van der Waals surface area contributed by atoms with Crippen molar-refractivity contribution in [3.63, 3.8) is 0 Å². The number of piperazine rings is 1. The summed E-state index contributed by atoms with van der Waals surface area (Å²) in [5.41, 5.74) is 3.14. The number of fused-ring (bicyclic) bond motifs is 1. The van der Waals surface area contributed by atoms with Gasteiger partial charge in [0.15, 0.2) is 0 Å². The van der Waals surface area contributed by atoms with E-state index in [1.54, 1.807) is 0 Å². The molecule has 2 heterocycles. The Bertz CT molecular complexity index is 863. The van der Waals surface area contributed by atoms with Crippen molar-refractivity contribution < 1.29 is 4.79 Å². The second-order valence-electron chi connectivity index (χ2n) is 6.66. The van der Waals surface area contributed by atoms with Crippen molar-refractivity contribution in [2.24, 2.45) is 0 Å². The van der Waals surface area contributed by atoms with Crippen molar-refractivity contribution in [2.75, 3.05) is 26.2 Å². The van der Waals surface area contributed by atoms with Gasteiger partial charge >= 0.3 is 0 Å². The highest BCUT2D eigenvalue weighted by atomic mass is 16.2. The van der Waals surface area contributed by atoms with Crippen LogP contribution in [0.25, 0.3) is 10.9 Å². The third-order valence-electron chi connectivity index (χ3n) is 5.26. The molecule has 1 unspecified atom stereocenters. The van der Waals surface area contributed by atoms with Crippen LogP contribution < -0.4 is 0 Å². The van der Waals surface area contributed by atoms with Gasteiger partial charge in [-0.15, -0.1) is 0 Å². The molecule has 0 aliphatic carbocycles. The van der Waals surface area contributed by atoms with Gasteiger partial charge in [0.25, 0.3) is 5.91 Å². The molecule has 0 spiro atoms. The van der Waals surface area contributed by atoms with Crippen LogP contribution in [-0.2, 0) is 0 Å². The number of benzene rings is 2. The first-order valence-corrected chi connectivity index (χ1v) is 8.88. The predicted octanol–water partition coefficient (Wildman–Crippen LogP) is 3.69. The van der Waals surface area contributed by atoms with Gasteiger partial charge in [0.1, 0.15) is 0 Å². The summed E-state index contributed by atoms with van der Waals surface area (Å²) in [5, 5.41) is 1.01. The zero-order valence-corrected chi connectivity index (χ0v) is 14.5. The zero-order chi connectivity index (χ0) is 17.2. The fourth-order valence-electron chi connectivity index (χ4n) is 3.70. The van der Waals surface area contributed by atoms with E-state index in [0.29, 0.717) is 6.04 Å². The Kier molecular flexibility index (Phi) is 4.28. The van der Waals surface area contributed by atoms with E-state index in [9.17, 15) is 4.79 Å². The van der Waals surface area contributed by atoms with E-state index >= 15 is 0 Å². The molecule has 4 heteroatoms. The first-order valence-electron chi connectivity index (χ1n) is 8.88. The van der Waals surface area contributed by atoms with Crippen molar-refractivity contribution in [1.29, 1.82) is 0 Å². The highest BCUT2D eigenvalue weighted by Crippen LogP contribution is 2.23. The smallest absolute Gasteiger partial charge is 0.254 e. The molecule has 0 saturated carbocycles. The molecule has 2 aromatic carbocycles. The van der Waals surface area contributed by atoms with Gasteiger partial charge in [-0.05, 0) is 30.7 Å². The maximum Gasteiger partial charge on any atom is 0.254 e. The molecule has 0 bridgehead atoms. The Hall–Kier alpha value is -2.59. The van der Waals surface area contributed by atoms with E-state index in [2.05, 4.69) is 47.1 Å². The SMILES string of the molecule is CC(c1ccccc1)N1CCN(C(=O)c2cccc3[nH]ccc23)CC1. The summed E-state index contributed by atoms with van der Waals surface area (Å²) in [6.07, 6.45) is 1.89. The number of aromatic amines is 1. The third-order valence-corrected chi connectivity index (χ3v) is 5.26. The maximum absolute atomic E-state index is 13.0. The predicted molar refractivity (Wildman–Crippen MR) is 101 cm³/mol. The Morgan fingerprint density at radius 2 is 1.72 bits per heavy atom. The fourth-order valence-corrected chi connectivity index (χ4v) is 3.70. The van der Waals surface area contributed by atoms with Crippen LogP contribution in [0.1, 0.15) is 28.9 Å². The van der Waals surface area contributed by atoms with Gasteiger partial charge in [-0.2, -0.15) is 0 Å².